The topological polar surface area (TPSA) is 38.3 Å². The van der Waals surface area contributed by atoms with Gasteiger partial charge in [0.2, 0.25) is 5.91 Å². The predicted molar refractivity (Wildman–Crippen MR) is 83.6 cm³/mol. The fourth-order valence-corrected chi connectivity index (χ4v) is 2.64. The van der Waals surface area contributed by atoms with E-state index >= 15 is 0 Å². The van der Waals surface area contributed by atoms with E-state index in [4.69, 9.17) is 4.74 Å². The minimum absolute atomic E-state index is 0.0330. The van der Waals surface area contributed by atoms with Crippen molar-refractivity contribution in [3.8, 4) is 5.75 Å². The first-order valence-electron chi connectivity index (χ1n) is 7.16. The first-order chi connectivity index (χ1) is 9.98. The highest BCUT2D eigenvalue weighted by molar-refractivity contribution is 6.05. The van der Waals surface area contributed by atoms with Crippen LogP contribution < -0.4 is 10.1 Å². The Bertz CT molecular complexity index is 677. The highest BCUT2D eigenvalue weighted by Crippen LogP contribution is 2.39. The van der Waals surface area contributed by atoms with E-state index in [1.54, 1.807) is 0 Å². The van der Waals surface area contributed by atoms with Crippen molar-refractivity contribution in [3.63, 3.8) is 0 Å². The van der Waals surface area contributed by atoms with E-state index in [0.717, 1.165) is 22.6 Å². The predicted octanol–water partition coefficient (Wildman–Crippen LogP) is 4.06. The Morgan fingerprint density at radius 3 is 2.52 bits per heavy atom. The highest BCUT2D eigenvalue weighted by Gasteiger charge is 2.38. The number of hydrogen-bond acceptors (Lipinski definition) is 2. The smallest absolute Gasteiger partial charge is 0.234 e. The lowest BCUT2D eigenvalue weighted by molar-refractivity contribution is -0.119. The van der Waals surface area contributed by atoms with Gasteiger partial charge in [-0.15, -0.1) is 0 Å². The second-order valence-corrected chi connectivity index (χ2v) is 5.96. The van der Waals surface area contributed by atoms with E-state index in [9.17, 15) is 4.79 Å². The zero-order valence-electron chi connectivity index (χ0n) is 12.5. The van der Waals surface area contributed by atoms with Crippen LogP contribution in [0.25, 0.3) is 0 Å². The van der Waals surface area contributed by atoms with Crippen LogP contribution in [0, 0.1) is 0 Å². The van der Waals surface area contributed by atoms with E-state index in [0.29, 0.717) is 0 Å². The van der Waals surface area contributed by atoms with Gasteiger partial charge in [-0.2, -0.15) is 0 Å². The molecule has 0 spiro atoms. The van der Waals surface area contributed by atoms with Crippen LogP contribution in [0.1, 0.15) is 38.0 Å². The van der Waals surface area contributed by atoms with Crippen LogP contribution in [-0.4, -0.2) is 5.91 Å². The molecule has 1 aliphatic heterocycles. The van der Waals surface area contributed by atoms with Gasteiger partial charge < -0.3 is 10.1 Å². The maximum atomic E-state index is 12.0. The summed E-state index contributed by atoms with van der Waals surface area (Å²) in [6.07, 6.45) is -0.0330. The average Bonchev–Trinajstić information content (AvgIpc) is 2.69. The minimum Gasteiger partial charge on any atom is -0.486 e. The molecule has 0 saturated heterocycles. The summed E-state index contributed by atoms with van der Waals surface area (Å²) in [5, 5.41) is 2.92. The van der Waals surface area contributed by atoms with Crippen LogP contribution in [-0.2, 0) is 10.2 Å². The minimum atomic E-state index is -0.473. The molecule has 3 nitrogen and oxygen atoms in total. The number of benzene rings is 2. The zero-order chi connectivity index (χ0) is 15.0. The van der Waals surface area contributed by atoms with Crippen LogP contribution in [0.3, 0.4) is 0 Å². The fraction of sp³-hybridized carbons (Fsp3) is 0.278. The number of nitrogens with one attached hydrogen (secondary N) is 1. The maximum absolute atomic E-state index is 12.0. The molecule has 1 heterocycles. The summed E-state index contributed by atoms with van der Waals surface area (Å²) in [5.41, 5.74) is 2.52. The van der Waals surface area contributed by atoms with Gasteiger partial charge in [0, 0.05) is 11.8 Å². The number of ether oxygens (including phenoxy) is 1. The van der Waals surface area contributed by atoms with Crippen molar-refractivity contribution in [1.82, 2.24) is 0 Å². The Labute approximate surface area is 124 Å². The maximum Gasteiger partial charge on any atom is 0.234 e. The lowest BCUT2D eigenvalue weighted by atomic mass is 9.86. The second kappa shape index (κ2) is 4.92. The second-order valence-electron chi connectivity index (χ2n) is 5.96. The van der Waals surface area contributed by atoms with E-state index in [1.165, 1.54) is 0 Å². The van der Waals surface area contributed by atoms with Crippen LogP contribution in [0.15, 0.2) is 48.5 Å². The van der Waals surface area contributed by atoms with Crippen LogP contribution in [0.2, 0.25) is 0 Å². The molecule has 1 unspecified atom stereocenters. The Morgan fingerprint density at radius 2 is 1.81 bits per heavy atom. The van der Waals surface area contributed by atoms with E-state index < -0.39 is 5.41 Å². The number of carbonyl (C=O) groups is 1. The molecule has 3 rings (SSSR count). The highest BCUT2D eigenvalue weighted by atomic mass is 16.5. The summed E-state index contributed by atoms with van der Waals surface area (Å²) < 4.78 is 5.98. The summed E-state index contributed by atoms with van der Waals surface area (Å²) in [7, 11) is 0. The Morgan fingerprint density at radius 1 is 1.10 bits per heavy atom. The first kappa shape index (κ1) is 13.7. The van der Waals surface area contributed by atoms with Crippen molar-refractivity contribution < 1.29 is 9.53 Å². The summed E-state index contributed by atoms with van der Waals surface area (Å²) in [5.74, 6) is 0.800. The third-order valence-corrected chi connectivity index (χ3v) is 4.06. The molecule has 1 aliphatic rings. The van der Waals surface area contributed by atoms with Gasteiger partial charge in [-0.3, -0.25) is 4.79 Å². The van der Waals surface area contributed by atoms with Crippen LogP contribution >= 0.6 is 0 Å². The molecular formula is C18H19NO2. The number of rotatable bonds is 3. The molecule has 3 heteroatoms. The Hall–Kier alpha value is -2.29. The molecule has 0 fully saturated rings. The molecule has 108 valence electrons. The van der Waals surface area contributed by atoms with Gasteiger partial charge >= 0.3 is 0 Å². The SMILES string of the molecule is CC(Oc1ccc2c(c1)NC(=O)C2(C)C)c1ccccc1. The van der Waals surface area contributed by atoms with Crippen molar-refractivity contribution in [2.24, 2.45) is 0 Å². The molecule has 2 aromatic carbocycles. The third kappa shape index (κ3) is 2.40. The number of carbonyl (C=O) groups excluding carboxylic acids is 1. The molecule has 0 saturated carbocycles. The monoisotopic (exact) mass is 281 g/mol. The zero-order valence-corrected chi connectivity index (χ0v) is 12.5. The molecule has 2 aromatic rings. The molecule has 0 bridgehead atoms. The average molecular weight is 281 g/mol. The van der Waals surface area contributed by atoms with Gasteiger partial charge in [0.15, 0.2) is 0 Å². The van der Waals surface area contributed by atoms with Gasteiger partial charge in [0.1, 0.15) is 11.9 Å². The summed E-state index contributed by atoms with van der Waals surface area (Å²) in [6, 6.07) is 15.9. The number of hydrogen-bond donors (Lipinski definition) is 1. The van der Waals surface area contributed by atoms with Crippen molar-refractivity contribution in [2.75, 3.05) is 5.32 Å². The molecule has 0 aromatic heterocycles. The third-order valence-electron chi connectivity index (χ3n) is 4.06. The van der Waals surface area contributed by atoms with Gasteiger partial charge in [0.05, 0.1) is 5.41 Å². The summed E-state index contributed by atoms with van der Waals surface area (Å²) >= 11 is 0. The summed E-state index contributed by atoms with van der Waals surface area (Å²) in [4.78, 5) is 12.0. The fourth-order valence-electron chi connectivity index (χ4n) is 2.64. The molecule has 1 amide bonds. The molecule has 0 aliphatic carbocycles. The quantitative estimate of drug-likeness (QED) is 0.921. The van der Waals surface area contributed by atoms with E-state index in [-0.39, 0.29) is 12.0 Å². The molecule has 21 heavy (non-hydrogen) atoms. The van der Waals surface area contributed by atoms with Gasteiger partial charge in [-0.05, 0) is 38.0 Å². The van der Waals surface area contributed by atoms with Crippen molar-refractivity contribution in [1.29, 1.82) is 0 Å². The number of anilines is 1. The first-order valence-corrected chi connectivity index (χ1v) is 7.16. The van der Waals surface area contributed by atoms with Crippen molar-refractivity contribution >= 4 is 11.6 Å². The molecular weight excluding hydrogens is 262 g/mol. The van der Waals surface area contributed by atoms with Gasteiger partial charge in [-0.1, -0.05) is 36.4 Å². The van der Waals surface area contributed by atoms with E-state index in [2.05, 4.69) is 5.32 Å². The lowest BCUT2D eigenvalue weighted by Crippen LogP contribution is -2.26. The lowest BCUT2D eigenvalue weighted by Gasteiger charge is -2.17. The van der Waals surface area contributed by atoms with Gasteiger partial charge in [-0.25, -0.2) is 0 Å². The van der Waals surface area contributed by atoms with Crippen molar-refractivity contribution in [2.45, 2.75) is 32.3 Å². The van der Waals surface area contributed by atoms with Crippen molar-refractivity contribution in [3.05, 3.63) is 59.7 Å². The van der Waals surface area contributed by atoms with Crippen LogP contribution in [0.5, 0.6) is 5.75 Å². The molecule has 1 N–H and O–H groups in total. The van der Waals surface area contributed by atoms with E-state index in [1.807, 2.05) is 69.3 Å². The standard InChI is InChI=1S/C18H19NO2/c1-12(13-7-5-4-6-8-13)21-14-9-10-15-16(11-14)19-17(20)18(15,2)3/h4-12H,1-3H3,(H,19,20). The van der Waals surface area contributed by atoms with Gasteiger partial charge in [0.25, 0.3) is 0 Å². The Balaban J connectivity index is 1.83. The summed E-state index contributed by atoms with van der Waals surface area (Å²) in [6.45, 7) is 5.88. The molecule has 0 radical (unpaired) electrons. The molecule has 1 atom stereocenters. The van der Waals surface area contributed by atoms with Crippen LogP contribution in [0.4, 0.5) is 5.69 Å². The number of fused-ring (bicyclic) bond motifs is 1. The number of amides is 1. The largest absolute Gasteiger partial charge is 0.486 e. The normalized spacial score (nSPS) is 17.0. The Kier molecular flexibility index (Phi) is 3.20.